The second-order valence-corrected chi connectivity index (χ2v) is 8.08. The van der Waals surface area contributed by atoms with Crippen molar-refractivity contribution in [1.82, 2.24) is 0 Å². The summed E-state index contributed by atoms with van der Waals surface area (Å²) < 4.78 is 10.9. The topological polar surface area (TPSA) is 83.9 Å². The molecule has 2 heterocycles. The molecule has 0 radical (unpaired) electrons. The van der Waals surface area contributed by atoms with Crippen LogP contribution in [-0.4, -0.2) is 18.2 Å². The van der Waals surface area contributed by atoms with Gasteiger partial charge in [-0.3, -0.25) is 0 Å². The molecule has 2 aromatic heterocycles. The molecule has 3 aromatic carbocycles. The average molecular weight is 453 g/mol. The summed E-state index contributed by atoms with van der Waals surface area (Å²) in [6.07, 6.45) is 0. The monoisotopic (exact) mass is 453 g/mol. The summed E-state index contributed by atoms with van der Waals surface area (Å²) in [6, 6.07) is 21.2. The SMILES string of the molecule is CCN(CC)c1ccc(-c2cc(=O)oc3ccc(-c4cc5ccc(O)cc5oc4=O)cc23)cc1. The third kappa shape index (κ3) is 3.83. The maximum absolute atomic E-state index is 12.7. The lowest BCUT2D eigenvalue weighted by molar-refractivity contribution is 0.473. The van der Waals surface area contributed by atoms with E-state index in [1.807, 2.05) is 30.3 Å². The fraction of sp³-hybridized carbons (Fsp3) is 0.143. The van der Waals surface area contributed by atoms with Crippen molar-refractivity contribution in [3.8, 4) is 28.0 Å². The number of aromatic hydroxyl groups is 1. The standard InChI is InChI=1S/C28H23NO5/c1-3-29(4-2)20-9-5-17(6-10-20)22-16-27(31)33-25-12-8-18(13-24(22)25)23-14-19-7-11-21(30)15-26(19)34-28(23)32/h5-16,30H,3-4H2,1-2H3. The van der Waals surface area contributed by atoms with Gasteiger partial charge in [-0.2, -0.15) is 0 Å². The van der Waals surface area contributed by atoms with E-state index < -0.39 is 11.3 Å². The molecule has 0 bridgehead atoms. The van der Waals surface area contributed by atoms with E-state index in [-0.39, 0.29) is 5.75 Å². The molecule has 0 fully saturated rings. The van der Waals surface area contributed by atoms with Crippen LogP contribution in [0.3, 0.4) is 0 Å². The molecule has 0 aliphatic heterocycles. The summed E-state index contributed by atoms with van der Waals surface area (Å²) in [7, 11) is 0. The quantitative estimate of drug-likeness (QED) is 0.339. The number of fused-ring (bicyclic) bond motifs is 2. The van der Waals surface area contributed by atoms with Crippen LogP contribution in [0.5, 0.6) is 5.75 Å². The van der Waals surface area contributed by atoms with Crippen LogP contribution in [-0.2, 0) is 0 Å². The summed E-state index contributed by atoms with van der Waals surface area (Å²) in [5, 5.41) is 11.1. The van der Waals surface area contributed by atoms with Crippen LogP contribution in [0.15, 0.2) is 91.2 Å². The molecule has 0 aliphatic rings. The van der Waals surface area contributed by atoms with Crippen LogP contribution in [0, 0.1) is 0 Å². The number of phenolic OH excluding ortho intramolecular Hbond substituents is 1. The second kappa shape index (κ2) is 8.56. The van der Waals surface area contributed by atoms with Crippen molar-refractivity contribution < 1.29 is 13.9 Å². The van der Waals surface area contributed by atoms with E-state index in [1.54, 1.807) is 30.3 Å². The molecule has 6 heteroatoms. The Morgan fingerprint density at radius 1 is 0.735 bits per heavy atom. The Hall–Kier alpha value is -4.32. The fourth-order valence-electron chi connectivity index (χ4n) is 4.31. The minimum Gasteiger partial charge on any atom is -0.508 e. The highest BCUT2D eigenvalue weighted by Crippen LogP contribution is 2.32. The molecule has 6 nitrogen and oxygen atoms in total. The molecule has 5 rings (SSSR count). The van der Waals surface area contributed by atoms with Gasteiger partial charge in [-0.05, 0) is 73.0 Å². The van der Waals surface area contributed by atoms with Crippen LogP contribution < -0.4 is 16.2 Å². The van der Waals surface area contributed by atoms with Crippen molar-refractivity contribution in [1.29, 1.82) is 0 Å². The average Bonchev–Trinajstić information content (AvgIpc) is 2.84. The summed E-state index contributed by atoms with van der Waals surface area (Å²) in [6.45, 7) is 6.04. The lowest BCUT2D eigenvalue weighted by atomic mass is 9.98. The third-order valence-corrected chi connectivity index (χ3v) is 6.08. The normalized spacial score (nSPS) is 11.2. The Kier molecular flexibility index (Phi) is 5.42. The van der Waals surface area contributed by atoms with Crippen molar-refractivity contribution >= 4 is 27.6 Å². The highest BCUT2D eigenvalue weighted by atomic mass is 16.4. The molecule has 0 saturated heterocycles. The van der Waals surface area contributed by atoms with E-state index in [1.165, 1.54) is 12.1 Å². The number of hydrogen-bond donors (Lipinski definition) is 1. The van der Waals surface area contributed by atoms with Gasteiger partial charge in [-0.1, -0.05) is 18.2 Å². The Bertz CT molecular complexity index is 1630. The van der Waals surface area contributed by atoms with Gasteiger partial charge in [0.1, 0.15) is 16.9 Å². The van der Waals surface area contributed by atoms with Crippen molar-refractivity contribution in [3.05, 3.63) is 93.6 Å². The Morgan fingerprint density at radius 2 is 1.47 bits per heavy atom. The first-order valence-electron chi connectivity index (χ1n) is 11.2. The van der Waals surface area contributed by atoms with E-state index in [2.05, 4.69) is 18.7 Å². The highest BCUT2D eigenvalue weighted by molar-refractivity contribution is 5.96. The first kappa shape index (κ1) is 21.5. The molecule has 0 unspecified atom stereocenters. The van der Waals surface area contributed by atoms with Crippen molar-refractivity contribution in [2.24, 2.45) is 0 Å². The van der Waals surface area contributed by atoms with E-state index in [4.69, 9.17) is 8.83 Å². The number of benzene rings is 3. The Morgan fingerprint density at radius 3 is 2.21 bits per heavy atom. The summed E-state index contributed by atoms with van der Waals surface area (Å²) in [5.74, 6) is 0.0285. The minimum atomic E-state index is -0.514. The third-order valence-electron chi connectivity index (χ3n) is 6.08. The maximum atomic E-state index is 12.7. The number of rotatable bonds is 5. The zero-order valence-corrected chi connectivity index (χ0v) is 18.9. The van der Waals surface area contributed by atoms with Gasteiger partial charge in [-0.25, -0.2) is 9.59 Å². The van der Waals surface area contributed by atoms with E-state index in [0.717, 1.165) is 35.3 Å². The predicted molar refractivity (Wildman–Crippen MR) is 135 cm³/mol. The molecule has 0 saturated carbocycles. The summed E-state index contributed by atoms with van der Waals surface area (Å²) in [4.78, 5) is 27.2. The van der Waals surface area contributed by atoms with Crippen LogP contribution in [0.1, 0.15) is 13.8 Å². The van der Waals surface area contributed by atoms with Crippen LogP contribution >= 0.6 is 0 Å². The Balaban J connectivity index is 1.66. The molecule has 0 aliphatic carbocycles. The highest BCUT2D eigenvalue weighted by Gasteiger charge is 2.14. The molecule has 1 N–H and O–H groups in total. The lowest BCUT2D eigenvalue weighted by Crippen LogP contribution is -2.21. The van der Waals surface area contributed by atoms with E-state index >= 15 is 0 Å². The molecule has 5 aromatic rings. The van der Waals surface area contributed by atoms with Crippen LogP contribution in [0.4, 0.5) is 5.69 Å². The number of nitrogens with zero attached hydrogens (tertiary/aromatic N) is 1. The van der Waals surface area contributed by atoms with Crippen LogP contribution in [0.2, 0.25) is 0 Å². The maximum Gasteiger partial charge on any atom is 0.344 e. The van der Waals surface area contributed by atoms with Crippen molar-refractivity contribution in [2.75, 3.05) is 18.0 Å². The fourth-order valence-corrected chi connectivity index (χ4v) is 4.31. The molecular weight excluding hydrogens is 430 g/mol. The van der Waals surface area contributed by atoms with Crippen molar-refractivity contribution in [3.63, 3.8) is 0 Å². The van der Waals surface area contributed by atoms with E-state index in [9.17, 15) is 14.7 Å². The lowest BCUT2D eigenvalue weighted by Gasteiger charge is -2.21. The molecule has 0 amide bonds. The number of anilines is 1. The summed E-state index contributed by atoms with van der Waals surface area (Å²) in [5.41, 5.74) is 3.56. The first-order chi connectivity index (χ1) is 16.5. The Labute approximate surface area is 195 Å². The van der Waals surface area contributed by atoms with Gasteiger partial charge >= 0.3 is 11.3 Å². The molecular formula is C28H23NO5. The van der Waals surface area contributed by atoms with E-state index in [0.29, 0.717) is 27.7 Å². The van der Waals surface area contributed by atoms with Gasteiger partial charge < -0.3 is 18.8 Å². The molecule has 0 atom stereocenters. The number of phenols is 1. The van der Waals surface area contributed by atoms with Crippen molar-refractivity contribution in [2.45, 2.75) is 13.8 Å². The first-order valence-corrected chi connectivity index (χ1v) is 11.2. The molecule has 170 valence electrons. The van der Waals surface area contributed by atoms with Crippen LogP contribution in [0.25, 0.3) is 44.2 Å². The van der Waals surface area contributed by atoms with Gasteiger partial charge in [0.2, 0.25) is 0 Å². The smallest absolute Gasteiger partial charge is 0.344 e. The minimum absolute atomic E-state index is 0.0285. The predicted octanol–water partition coefficient (Wildman–Crippen LogP) is 5.79. The largest absolute Gasteiger partial charge is 0.508 e. The number of hydrogen-bond acceptors (Lipinski definition) is 6. The van der Waals surface area contributed by atoms with Gasteiger partial charge in [0.05, 0.1) is 5.56 Å². The zero-order chi connectivity index (χ0) is 23.8. The second-order valence-electron chi connectivity index (χ2n) is 8.08. The van der Waals surface area contributed by atoms with Gasteiger partial charge in [0.15, 0.2) is 0 Å². The molecule has 34 heavy (non-hydrogen) atoms. The molecule has 0 spiro atoms. The van der Waals surface area contributed by atoms with Gasteiger partial charge in [0.25, 0.3) is 0 Å². The summed E-state index contributed by atoms with van der Waals surface area (Å²) >= 11 is 0. The van der Waals surface area contributed by atoms with Gasteiger partial charge in [-0.15, -0.1) is 0 Å². The zero-order valence-electron chi connectivity index (χ0n) is 18.9. The van der Waals surface area contributed by atoms with Gasteiger partial charge in [0, 0.05) is 41.7 Å².